The maximum absolute atomic E-state index is 5.82. The molecule has 1 unspecified atom stereocenters. The number of nitrogens with two attached hydrogens (primary N) is 1. The van der Waals surface area contributed by atoms with Gasteiger partial charge in [-0.25, -0.2) is 4.98 Å². The Morgan fingerprint density at radius 3 is 2.67 bits per heavy atom. The van der Waals surface area contributed by atoms with Crippen molar-refractivity contribution in [3.8, 4) is 12.3 Å². The van der Waals surface area contributed by atoms with E-state index in [-0.39, 0.29) is 5.92 Å². The zero-order valence-electron chi connectivity index (χ0n) is 9.41. The Bertz CT molecular complexity index is 377. The number of rotatable bonds is 3. The lowest BCUT2D eigenvalue weighted by Gasteiger charge is -2.17. The number of pyridine rings is 1. The van der Waals surface area contributed by atoms with Crippen molar-refractivity contribution in [3.63, 3.8) is 0 Å². The SMILES string of the molecule is C#CC(c1cc(NC)cnc1N)C(C)C. The molecule has 1 rings (SSSR count). The lowest BCUT2D eigenvalue weighted by atomic mass is 9.89. The number of nitrogen functional groups attached to an aromatic ring is 1. The van der Waals surface area contributed by atoms with Crippen LogP contribution in [-0.2, 0) is 0 Å². The first-order chi connectivity index (χ1) is 7.10. The van der Waals surface area contributed by atoms with Crippen LogP contribution in [0.1, 0.15) is 25.3 Å². The van der Waals surface area contributed by atoms with Crippen LogP contribution >= 0.6 is 0 Å². The first kappa shape index (κ1) is 11.4. The standard InChI is InChI=1S/C12H17N3/c1-5-10(8(2)3)11-6-9(14-4)7-15-12(11)13/h1,6-8,10,14H,2-4H3,(H2,13,15). The van der Waals surface area contributed by atoms with E-state index in [2.05, 4.69) is 30.1 Å². The molecule has 0 aromatic carbocycles. The predicted molar refractivity (Wildman–Crippen MR) is 64.6 cm³/mol. The Kier molecular flexibility index (Phi) is 3.56. The van der Waals surface area contributed by atoms with E-state index >= 15 is 0 Å². The summed E-state index contributed by atoms with van der Waals surface area (Å²) in [6.07, 6.45) is 7.21. The topological polar surface area (TPSA) is 50.9 Å². The third kappa shape index (κ3) is 2.41. The maximum Gasteiger partial charge on any atom is 0.127 e. The molecular weight excluding hydrogens is 186 g/mol. The van der Waals surface area contributed by atoms with Gasteiger partial charge in [0.05, 0.1) is 17.8 Å². The van der Waals surface area contributed by atoms with Crippen molar-refractivity contribution in [3.05, 3.63) is 17.8 Å². The van der Waals surface area contributed by atoms with Gasteiger partial charge in [0.2, 0.25) is 0 Å². The lowest BCUT2D eigenvalue weighted by molar-refractivity contribution is 0.593. The second-order valence-electron chi connectivity index (χ2n) is 3.84. The highest BCUT2D eigenvalue weighted by Gasteiger charge is 2.16. The zero-order valence-corrected chi connectivity index (χ0v) is 9.41. The minimum absolute atomic E-state index is 0.0193. The Morgan fingerprint density at radius 1 is 1.53 bits per heavy atom. The number of nitrogens with zero attached hydrogens (tertiary/aromatic N) is 1. The first-order valence-electron chi connectivity index (χ1n) is 4.99. The van der Waals surface area contributed by atoms with Gasteiger partial charge in [-0.3, -0.25) is 0 Å². The van der Waals surface area contributed by atoms with Gasteiger partial charge in [-0.1, -0.05) is 19.8 Å². The molecule has 80 valence electrons. The van der Waals surface area contributed by atoms with E-state index in [1.54, 1.807) is 6.20 Å². The molecule has 3 nitrogen and oxygen atoms in total. The van der Waals surface area contributed by atoms with Gasteiger partial charge in [0, 0.05) is 12.6 Å². The third-order valence-electron chi connectivity index (χ3n) is 2.42. The molecule has 0 saturated heterocycles. The second-order valence-corrected chi connectivity index (χ2v) is 3.84. The normalized spacial score (nSPS) is 12.2. The number of nitrogens with one attached hydrogen (secondary N) is 1. The van der Waals surface area contributed by atoms with E-state index in [0.717, 1.165) is 11.3 Å². The van der Waals surface area contributed by atoms with Crippen molar-refractivity contribution in [1.29, 1.82) is 0 Å². The van der Waals surface area contributed by atoms with Crippen molar-refractivity contribution in [1.82, 2.24) is 4.98 Å². The van der Waals surface area contributed by atoms with Crippen LogP contribution in [0.4, 0.5) is 11.5 Å². The number of terminal acetylenes is 1. The zero-order chi connectivity index (χ0) is 11.4. The minimum atomic E-state index is 0.0193. The summed E-state index contributed by atoms with van der Waals surface area (Å²) in [4.78, 5) is 4.12. The van der Waals surface area contributed by atoms with E-state index in [4.69, 9.17) is 12.2 Å². The fourth-order valence-electron chi connectivity index (χ4n) is 1.52. The molecule has 0 aliphatic carbocycles. The largest absolute Gasteiger partial charge is 0.387 e. The fourth-order valence-corrected chi connectivity index (χ4v) is 1.52. The molecule has 1 aromatic heterocycles. The highest BCUT2D eigenvalue weighted by atomic mass is 14.9. The van der Waals surface area contributed by atoms with E-state index in [1.165, 1.54) is 0 Å². The van der Waals surface area contributed by atoms with Crippen LogP contribution in [-0.4, -0.2) is 12.0 Å². The molecule has 15 heavy (non-hydrogen) atoms. The highest BCUT2D eigenvalue weighted by molar-refractivity contribution is 5.54. The summed E-state index contributed by atoms with van der Waals surface area (Å²) in [5.41, 5.74) is 7.68. The van der Waals surface area contributed by atoms with Gasteiger partial charge in [0.1, 0.15) is 5.82 Å². The molecule has 0 bridgehead atoms. The Morgan fingerprint density at radius 2 is 2.20 bits per heavy atom. The smallest absolute Gasteiger partial charge is 0.127 e. The van der Waals surface area contributed by atoms with E-state index in [9.17, 15) is 0 Å². The summed E-state index contributed by atoms with van der Waals surface area (Å²) in [5.74, 6) is 3.65. The van der Waals surface area contributed by atoms with Crippen LogP contribution < -0.4 is 11.1 Å². The van der Waals surface area contributed by atoms with Crippen LogP contribution in [0.25, 0.3) is 0 Å². The predicted octanol–water partition coefficient (Wildman–Crippen LogP) is 2.08. The Hall–Kier alpha value is -1.69. The number of hydrogen-bond donors (Lipinski definition) is 2. The molecule has 3 N–H and O–H groups in total. The first-order valence-corrected chi connectivity index (χ1v) is 4.99. The Labute approximate surface area is 91.1 Å². The molecule has 0 radical (unpaired) electrons. The van der Waals surface area contributed by atoms with E-state index in [0.29, 0.717) is 11.7 Å². The van der Waals surface area contributed by atoms with Crippen LogP contribution in [0.5, 0.6) is 0 Å². The van der Waals surface area contributed by atoms with Gasteiger partial charge in [-0.15, -0.1) is 6.42 Å². The van der Waals surface area contributed by atoms with E-state index in [1.807, 2.05) is 13.1 Å². The molecule has 3 heteroatoms. The molecular formula is C12H17N3. The molecule has 0 saturated carbocycles. The van der Waals surface area contributed by atoms with Crippen molar-refractivity contribution in [2.24, 2.45) is 5.92 Å². The second kappa shape index (κ2) is 4.70. The van der Waals surface area contributed by atoms with Gasteiger partial charge >= 0.3 is 0 Å². The molecule has 0 aliphatic heterocycles. The van der Waals surface area contributed by atoms with E-state index < -0.39 is 0 Å². The molecule has 1 atom stereocenters. The van der Waals surface area contributed by atoms with Crippen LogP contribution in [0.2, 0.25) is 0 Å². The van der Waals surface area contributed by atoms with Crippen molar-refractivity contribution < 1.29 is 0 Å². The van der Waals surface area contributed by atoms with Gasteiger partial charge in [-0.2, -0.15) is 0 Å². The summed E-state index contributed by atoms with van der Waals surface area (Å²) in [5, 5.41) is 3.03. The monoisotopic (exact) mass is 203 g/mol. The fraction of sp³-hybridized carbons (Fsp3) is 0.417. The maximum atomic E-state index is 5.82. The number of aromatic nitrogens is 1. The van der Waals surface area contributed by atoms with Crippen molar-refractivity contribution in [2.45, 2.75) is 19.8 Å². The molecule has 0 aliphatic rings. The lowest BCUT2D eigenvalue weighted by Crippen LogP contribution is -2.09. The minimum Gasteiger partial charge on any atom is -0.387 e. The summed E-state index contributed by atoms with van der Waals surface area (Å²) < 4.78 is 0. The summed E-state index contributed by atoms with van der Waals surface area (Å²) in [6, 6.07) is 1.97. The van der Waals surface area contributed by atoms with Crippen LogP contribution in [0.15, 0.2) is 12.3 Å². The van der Waals surface area contributed by atoms with Crippen LogP contribution in [0, 0.1) is 18.3 Å². The van der Waals surface area contributed by atoms with Gasteiger partial charge in [-0.05, 0) is 12.0 Å². The number of hydrogen-bond acceptors (Lipinski definition) is 3. The van der Waals surface area contributed by atoms with Gasteiger partial charge in [0.25, 0.3) is 0 Å². The summed E-state index contributed by atoms with van der Waals surface area (Å²) in [7, 11) is 1.84. The van der Waals surface area contributed by atoms with Gasteiger partial charge < -0.3 is 11.1 Å². The molecule has 1 aromatic rings. The van der Waals surface area contributed by atoms with Gasteiger partial charge in [0.15, 0.2) is 0 Å². The third-order valence-corrected chi connectivity index (χ3v) is 2.42. The van der Waals surface area contributed by atoms with Crippen LogP contribution in [0.3, 0.4) is 0 Å². The molecule has 1 heterocycles. The molecule has 0 amide bonds. The average Bonchev–Trinajstić information content (AvgIpc) is 2.21. The summed E-state index contributed by atoms with van der Waals surface area (Å²) >= 11 is 0. The Balaban J connectivity index is 3.17. The quantitative estimate of drug-likeness (QED) is 0.739. The number of anilines is 2. The van der Waals surface area contributed by atoms with Crippen molar-refractivity contribution >= 4 is 11.5 Å². The highest BCUT2D eigenvalue weighted by Crippen LogP contribution is 2.28. The van der Waals surface area contributed by atoms with Crippen molar-refractivity contribution in [2.75, 3.05) is 18.1 Å². The average molecular weight is 203 g/mol. The molecule has 0 fully saturated rings. The summed E-state index contributed by atoms with van der Waals surface area (Å²) in [6.45, 7) is 4.16. The molecule has 0 spiro atoms.